The van der Waals surface area contributed by atoms with Gasteiger partial charge in [0.2, 0.25) is 0 Å². The number of amides is 1. The molecule has 4 rings (SSSR count). The fraction of sp³-hybridized carbons (Fsp3) is 0.400. The first kappa shape index (κ1) is 22.3. The van der Waals surface area contributed by atoms with Gasteiger partial charge in [0.05, 0.1) is 11.3 Å². The summed E-state index contributed by atoms with van der Waals surface area (Å²) in [4.78, 5) is 31.1. The summed E-state index contributed by atoms with van der Waals surface area (Å²) in [5.41, 5.74) is 2.89. The number of aliphatic carboxylic acids is 1. The van der Waals surface area contributed by atoms with Crippen LogP contribution >= 0.6 is 11.6 Å². The first-order valence-electron chi connectivity index (χ1n) is 10.8. The van der Waals surface area contributed by atoms with Crippen molar-refractivity contribution in [3.05, 3.63) is 63.9 Å². The van der Waals surface area contributed by atoms with Gasteiger partial charge in [-0.2, -0.15) is 0 Å². The molecule has 1 fully saturated rings. The van der Waals surface area contributed by atoms with Crippen LogP contribution in [0.15, 0.2) is 36.5 Å². The van der Waals surface area contributed by atoms with Crippen LogP contribution < -0.4 is 0 Å². The second-order valence-electron chi connectivity index (χ2n) is 9.36. The molecule has 7 heteroatoms. The molecule has 0 saturated carbocycles. The van der Waals surface area contributed by atoms with Gasteiger partial charge in [0.15, 0.2) is 0 Å². The number of benzene rings is 1. The van der Waals surface area contributed by atoms with E-state index in [0.29, 0.717) is 23.7 Å². The van der Waals surface area contributed by atoms with E-state index >= 15 is 0 Å². The average Bonchev–Trinajstić information content (AvgIpc) is 2.87. The summed E-state index contributed by atoms with van der Waals surface area (Å²) in [5, 5.41) is 10.4. The molecule has 2 heterocycles. The van der Waals surface area contributed by atoms with Crippen LogP contribution in [0.2, 0.25) is 5.02 Å². The number of nitrogens with zero attached hydrogens (tertiary/aromatic N) is 2. The number of ether oxygens (including phenoxy) is 1. The fourth-order valence-electron chi connectivity index (χ4n) is 4.62. The van der Waals surface area contributed by atoms with Gasteiger partial charge in [-0.15, -0.1) is 0 Å². The maximum atomic E-state index is 12.5. The lowest BCUT2D eigenvalue weighted by molar-refractivity contribution is -0.130. The van der Waals surface area contributed by atoms with E-state index in [0.717, 1.165) is 29.7 Å². The first-order chi connectivity index (χ1) is 15.1. The summed E-state index contributed by atoms with van der Waals surface area (Å²) in [6.45, 7) is 6.75. The molecule has 32 heavy (non-hydrogen) atoms. The molecule has 0 radical (unpaired) electrons. The minimum absolute atomic E-state index is 0.0904. The maximum absolute atomic E-state index is 12.5. The summed E-state index contributed by atoms with van der Waals surface area (Å²) < 4.78 is 5.53. The Kier molecular flexibility index (Phi) is 5.99. The highest BCUT2D eigenvalue weighted by molar-refractivity contribution is 6.31. The predicted molar refractivity (Wildman–Crippen MR) is 124 cm³/mol. The minimum Gasteiger partial charge on any atom is -0.478 e. The normalized spacial score (nSPS) is 18.8. The molecule has 1 unspecified atom stereocenters. The van der Waals surface area contributed by atoms with Gasteiger partial charge in [0.25, 0.3) is 0 Å². The number of hydrogen-bond donors (Lipinski definition) is 1. The smallest absolute Gasteiger partial charge is 0.410 e. The van der Waals surface area contributed by atoms with Gasteiger partial charge in [-0.25, -0.2) is 9.59 Å². The number of carboxylic acid groups (broad SMARTS) is 1. The van der Waals surface area contributed by atoms with Crippen molar-refractivity contribution in [3.8, 4) is 0 Å². The Morgan fingerprint density at radius 1 is 1.19 bits per heavy atom. The summed E-state index contributed by atoms with van der Waals surface area (Å²) >= 11 is 6.26. The number of rotatable bonds is 2. The number of carboxylic acids is 1. The number of aromatic nitrogens is 1. The van der Waals surface area contributed by atoms with Crippen molar-refractivity contribution in [2.45, 2.75) is 45.1 Å². The van der Waals surface area contributed by atoms with Gasteiger partial charge < -0.3 is 14.7 Å². The van der Waals surface area contributed by atoms with Crippen LogP contribution in [0, 0.1) is 5.92 Å². The number of piperidine rings is 1. The average molecular weight is 455 g/mol. The zero-order valence-electron chi connectivity index (χ0n) is 18.5. The molecule has 1 aromatic carbocycles. The SMILES string of the molecule is CC(C)(C)OC(=O)N1CCC(C2c3ccc(Cl)cc3C(C(=O)O)=Cc3cccnc32)CC1. The topological polar surface area (TPSA) is 79.7 Å². The lowest BCUT2D eigenvalue weighted by atomic mass is 9.76. The monoisotopic (exact) mass is 454 g/mol. The Labute approximate surface area is 192 Å². The number of carbonyl (C=O) groups is 2. The number of hydrogen-bond acceptors (Lipinski definition) is 4. The highest BCUT2D eigenvalue weighted by atomic mass is 35.5. The van der Waals surface area contributed by atoms with Crippen LogP contribution in [0.5, 0.6) is 0 Å². The van der Waals surface area contributed by atoms with E-state index in [1.807, 2.05) is 39.0 Å². The van der Waals surface area contributed by atoms with Crippen molar-refractivity contribution in [1.29, 1.82) is 0 Å². The zero-order valence-corrected chi connectivity index (χ0v) is 19.2. The molecule has 1 atom stereocenters. The van der Waals surface area contributed by atoms with E-state index in [2.05, 4.69) is 4.98 Å². The van der Waals surface area contributed by atoms with Crippen molar-refractivity contribution < 1.29 is 19.4 Å². The number of pyridine rings is 1. The highest BCUT2D eigenvalue weighted by Gasteiger charge is 2.36. The van der Waals surface area contributed by atoms with Crippen molar-refractivity contribution in [1.82, 2.24) is 9.88 Å². The third-order valence-electron chi connectivity index (χ3n) is 6.00. The van der Waals surface area contributed by atoms with Crippen LogP contribution in [0.4, 0.5) is 4.79 Å². The van der Waals surface area contributed by atoms with E-state index in [4.69, 9.17) is 16.3 Å². The molecule has 1 aromatic heterocycles. The molecule has 1 aliphatic heterocycles. The number of likely N-dealkylation sites (tertiary alicyclic amines) is 1. The number of halogens is 1. The molecule has 0 bridgehead atoms. The van der Waals surface area contributed by atoms with E-state index in [-0.39, 0.29) is 23.5 Å². The molecule has 1 N–H and O–H groups in total. The van der Waals surface area contributed by atoms with Crippen LogP contribution in [-0.4, -0.2) is 45.7 Å². The second-order valence-corrected chi connectivity index (χ2v) is 9.79. The van der Waals surface area contributed by atoms with Gasteiger partial charge in [-0.1, -0.05) is 23.7 Å². The van der Waals surface area contributed by atoms with Crippen LogP contribution in [0.1, 0.15) is 61.9 Å². The van der Waals surface area contributed by atoms with Crippen LogP contribution in [0.25, 0.3) is 11.6 Å². The molecule has 6 nitrogen and oxygen atoms in total. The Morgan fingerprint density at radius 3 is 2.56 bits per heavy atom. The Bertz CT molecular complexity index is 1080. The van der Waals surface area contributed by atoms with E-state index in [1.54, 1.807) is 29.3 Å². The quantitative estimate of drug-likeness (QED) is 0.652. The Hall–Kier alpha value is -2.86. The molecule has 168 valence electrons. The number of carbonyl (C=O) groups excluding carboxylic acids is 1. The molecule has 2 aliphatic rings. The van der Waals surface area contributed by atoms with Crippen molar-refractivity contribution in [3.63, 3.8) is 0 Å². The largest absolute Gasteiger partial charge is 0.478 e. The molecule has 1 saturated heterocycles. The summed E-state index contributed by atoms with van der Waals surface area (Å²) in [7, 11) is 0. The molecule has 1 amide bonds. The fourth-order valence-corrected chi connectivity index (χ4v) is 4.79. The number of fused-ring (bicyclic) bond motifs is 2. The molecule has 0 spiro atoms. The third-order valence-corrected chi connectivity index (χ3v) is 6.23. The van der Waals surface area contributed by atoms with Crippen LogP contribution in [0.3, 0.4) is 0 Å². The summed E-state index contributed by atoms with van der Waals surface area (Å²) in [6, 6.07) is 9.17. The van der Waals surface area contributed by atoms with Gasteiger partial charge in [0, 0.05) is 30.2 Å². The van der Waals surface area contributed by atoms with Gasteiger partial charge >= 0.3 is 12.1 Å². The van der Waals surface area contributed by atoms with Crippen molar-refractivity contribution >= 4 is 35.3 Å². The maximum Gasteiger partial charge on any atom is 0.410 e. The van der Waals surface area contributed by atoms with Crippen molar-refractivity contribution in [2.24, 2.45) is 5.92 Å². The van der Waals surface area contributed by atoms with E-state index < -0.39 is 11.6 Å². The molecular formula is C25H27ClN2O4. The van der Waals surface area contributed by atoms with Gasteiger partial charge in [-0.05, 0) is 80.5 Å². The summed E-state index contributed by atoms with van der Waals surface area (Å²) in [6.07, 6.45) is 4.68. The molecular weight excluding hydrogens is 428 g/mol. The standard InChI is InChI=1S/C25H27ClN2O4/c1-25(2,3)32-24(31)28-11-8-15(9-12-28)21-18-7-6-17(26)14-19(18)20(23(29)30)13-16-5-4-10-27-22(16)21/h4-7,10,13-15,21H,8-9,11-12H2,1-3H3,(H,29,30). The summed E-state index contributed by atoms with van der Waals surface area (Å²) in [5.74, 6) is -0.889. The lowest BCUT2D eigenvalue weighted by Gasteiger charge is -2.37. The second kappa shape index (κ2) is 8.58. The minimum atomic E-state index is -0.997. The van der Waals surface area contributed by atoms with Crippen LogP contribution in [-0.2, 0) is 9.53 Å². The predicted octanol–water partition coefficient (Wildman–Crippen LogP) is 5.45. The van der Waals surface area contributed by atoms with E-state index in [1.165, 1.54) is 0 Å². The van der Waals surface area contributed by atoms with Gasteiger partial charge in [0.1, 0.15) is 5.60 Å². The first-order valence-corrected chi connectivity index (χ1v) is 11.2. The Morgan fingerprint density at radius 2 is 1.91 bits per heavy atom. The molecule has 1 aliphatic carbocycles. The van der Waals surface area contributed by atoms with E-state index in [9.17, 15) is 14.7 Å². The Balaban J connectivity index is 1.69. The third kappa shape index (κ3) is 4.51. The lowest BCUT2D eigenvalue weighted by Crippen LogP contribution is -2.42. The molecule has 2 aromatic rings. The van der Waals surface area contributed by atoms with Crippen molar-refractivity contribution in [2.75, 3.05) is 13.1 Å². The zero-order chi connectivity index (χ0) is 23.0. The highest BCUT2D eigenvalue weighted by Crippen LogP contribution is 2.45. The van der Waals surface area contributed by atoms with Gasteiger partial charge in [-0.3, -0.25) is 4.98 Å².